The molecule has 0 radical (unpaired) electrons. The van der Waals surface area contributed by atoms with Crippen LogP contribution in [0.1, 0.15) is 29.7 Å². The van der Waals surface area contributed by atoms with Crippen LogP contribution in [0.25, 0.3) is 78.0 Å². The fourth-order valence-electron chi connectivity index (χ4n) is 10.4. The van der Waals surface area contributed by atoms with Crippen LogP contribution in [0.3, 0.4) is 0 Å². The lowest BCUT2D eigenvalue weighted by Gasteiger charge is -2.28. The molecule has 0 spiro atoms. The fraction of sp³-hybridized carbons (Fsp3) is 0.0943. The quantitative estimate of drug-likeness (QED) is 0.179. The summed E-state index contributed by atoms with van der Waals surface area (Å²) < 4.78 is 7.03. The molecule has 0 amide bonds. The number of hydrogen-bond acceptors (Lipinski definition) is 3. The predicted molar refractivity (Wildman–Crippen MR) is 243 cm³/mol. The zero-order valence-electron chi connectivity index (χ0n) is 32.4. The number of pyridine rings is 2. The Morgan fingerprint density at radius 3 is 1.58 bits per heavy atom. The van der Waals surface area contributed by atoms with Crippen molar-refractivity contribution in [2.24, 2.45) is 5.92 Å². The molecule has 0 N–H and O–H groups in total. The molecule has 3 aliphatic rings. The summed E-state index contributed by atoms with van der Waals surface area (Å²) in [6.45, 7) is 2.32. The van der Waals surface area contributed by atoms with Crippen molar-refractivity contribution >= 4 is 72.1 Å². The van der Waals surface area contributed by atoms with Crippen molar-refractivity contribution in [1.29, 1.82) is 0 Å². The van der Waals surface area contributed by atoms with E-state index in [4.69, 9.17) is 9.97 Å². The highest BCUT2D eigenvalue weighted by Gasteiger charge is 2.39. The van der Waals surface area contributed by atoms with Crippen LogP contribution in [0, 0.1) is 5.92 Å². The lowest BCUT2D eigenvalue weighted by atomic mass is 9.90. The third-order valence-electron chi connectivity index (χ3n) is 12.9. The maximum absolute atomic E-state index is 5.50. The molecule has 5 aromatic heterocycles. The highest BCUT2D eigenvalue weighted by molar-refractivity contribution is 6.10. The minimum Gasteiger partial charge on any atom is -0.318 e. The summed E-state index contributed by atoms with van der Waals surface area (Å²) in [6, 6.07) is 52.5. The van der Waals surface area contributed by atoms with Gasteiger partial charge in [0.1, 0.15) is 23.3 Å². The molecule has 0 saturated heterocycles. The van der Waals surface area contributed by atoms with Gasteiger partial charge in [-0.2, -0.15) is 0 Å². The summed E-state index contributed by atoms with van der Waals surface area (Å²) in [4.78, 5) is 13.5. The Morgan fingerprint density at radius 2 is 0.983 bits per heavy atom. The molecule has 1 aliphatic heterocycles. The van der Waals surface area contributed by atoms with E-state index in [1.54, 1.807) is 0 Å². The summed E-state index contributed by atoms with van der Waals surface area (Å²) >= 11 is 0. The van der Waals surface area contributed by atoms with E-state index in [-0.39, 0.29) is 12.0 Å². The Bertz CT molecular complexity index is 3370. The number of para-hydroxylation sites is 4. The average molecular weight is 759 g/mol. The van der Waals surface area contributed by atoms with Crippen molar-refractivity contribution in [3.05, 3.63) is 193 Å². The number of allylic oxidation sites excluding steroid dienone is 3. The first-order valence-corrected chi connectivity index (χ1v) is 20.6. The van der Waals surface area contributed by atoms with Gasteiger partial charge >= 0.3 is 0 Å². The van der Waals surface area contributed by atoms with Gasteiger partial charge in [0, 0.05) is 38.5 Å². The van der Waals surface area contributed by atoms with Crippen molar-refractivity contribution in [3.63, 3.8) is 0 Å². The zero-order chi connectivity index (χ0) is 38.8. The lowest BCUT2D eigenvalue weighted by molar-refractivity contribution is 0.717. The molecule has 6 nitrogen and oxygen atoms in total. The third-order valence-corrected chi connectivity index (χ3v) is 12.9. The molecule has 0 bridgehead atoms. The first kappa shape index (κ1) is 32.6. The van der Waals surface area contributed by atoms with Gasteiger partial charge in [-0.05, 0) is 90.2 Å². The first-order valence-electron chi connectivity index (χ1n) is 20.6. The fourth-order valence-corrected chi connectivity index (χ4v) is 10.4. The molecule has 2 aliphatic carbocycles. The van der Waals surface area contributed by atoms with Crippen molar-refractivity contribution in [1.82, 2.24) is 23.7 Å². The van der Waals surface area contributed by atoms with Crippen LogP contribution in [-0.2, 0) is 6.42 Å². The molecular formula is C53H38N6. The second kappa shape index (κ2) is 12.3. The van der Waals surface area contributed by atoms with E-state index in [0.29, 0.717) is 5.92 Å². The molecular weight excluding hydrogens is 721 g/mol. The molecule has 0 fully saturated rings. The molecule has 13 rings (SSSR count). The van der Waals surface area contributed by atoms with Crippen molar-refractivity contribution < 1.29 is 0 Å². The Morgan fingerprint density at radius 1 is 0.475 bits per heavy atom. The number of hydrogen-bond donors (Lipinski definition) is 0. The second-order valence-electron chi connectivity index (χ2n) is 16.3. The van der Waals surface area contributed by atoms with Crippen LogP contribution >= 0.6 is 0 Å². The second-order valence-corrected chi connectivity index (χ2v) is 16.3. The summed E-state index contributed by atoms with van der Waals surface area (Å²) in [5.74, 6) is 4.29. The van der Waals surface area contributed by atoms with E-state index >= 15 is 0 Å². The van der Waals surface area contributed by atoms with Gasteiger partial charge in [-0.1, -0.05) is 122 Å². The number of anilines is 2. The first-order chi connectivity index (χ1) is 29.2. The molecule has 10 aromatic rings. The average Bonchev–Trinajstić information content (AvgIpc) is 4.00. The minimum absolute atomic E-state index is 0.0993. The van der Waals surface area contributed by atoms with Crippen molar-refractivity contribution in [2.45, 2.75) is 25.3 Å². The molecule has 6 heterocycles. The molecule has 0 saturated carbocycles. The topological polar surface area (TPSA) is 43.8 Å². The third kappa shape index (κ3) is 4.62. The Kier molecular flexibility index (Phi) is 6.79. The summed E-state index contributed by atoms with van der Waals surface area (Å²) in [7, 11) is 0. The van der Waals surface area contributed by atoms with Crippen LogP contribution in [-0.4, -0.2) is 29.7 Å². The maximum atomic E-state index is 5.50. The van der Waals surface area contributed by atoms with Crippen molar-refractivity contribution in [2.75, 3.05) is 4.90 Å². The number of rotatable bonds is 4. The normalized spacial score (nSPS) is 18.1. The van der Waals surface area contributed by atoms with E-state index in [1.807, 2.05) is 0 Å². The largest absolute Gasteiger partial charge is 0.318 e. The van der Waals surface area contributed by atoms with Gasteiger partial charge in [0.25, 0.3) is 0 Å². The summed E-state index contributed by atoms with van der Waals surface area (Å²) in [6.07, 6.45) is 14.7. The van der Waals surface area contributed by atoms with E-state index < -0.39 is 0 Å². The van der Waals surface area contributed by atoms with Crippen LogP contribution in [0.4, 0.5) is 11.5 Å². The lowest BCUT2D eigenvalue weighted by Crippen LogP contribution is -2.29. The van der Waals surface area contributed by atoms with Gasteiger partial charge in [0.2, 0.25) is 0 Å². The van der Waals surface area contributed by atoms with Gasteiger partial charge in [-0.15, -0.1) is 0 Å². The number of nitrogens with zero attached hydrogens (tertiary/aromatic N) is 6. The number of benzene rings is 5. The molecule has 59 heavy (non-hydrogen) atoms. The molecule has 6 heteroatoms. The smallest absolute Gasteiger partial charge is 0.140 e. The van der Waals surface area contributed by atoms with E-state index in [2.05, 4.69) is 208 Å². The number of aromatic nitrogens is 5. The van der Waals surface area contributed by atoms with Gasteiger partial charge < -0.3 is 4.90 Å². The zero-order valence-corrected chi connectivity index (χ0v) is 32.4. The molecule has 3 unspecified atom stereocenters. The monoisotopic (exact) mass is 758 g/mol. The highest BCUT2D eigenvalue weighted by Crippen LogP contribution is 2.50. The van der Waals surface area contributed by atoms with E-state index in [9.17, 15) is 0 Å². The van der Waals surface area contributed by atoms with E-state index in [1.165, 1.54) is 55.0 Å². The highest BCUT2D eigenvalue weighted by atomic mass is 15.3. The summed E-state index contributed by atoms with van der Waals surface area (Å²) in [5, 5.41) is 6.20. The maximum Gasteiger partial charge on any atom is 0.140 e. The van der Waals surface area contributed by atoms with Crippen LogP contribution in [0.5, 0.6) is 0 Å². The summed E-state index contributed by atoms with van der Waals surface area (Å²) in [5.41, 5.74) is 10.9. The standard InChI is InChI=1S/C53H38N6/c1-33-28-29-47-39(30-33)41-32-48-40(31-49(41)59(47)53-27-13-25-51(55-53)57-44-21-9-4-16-36(44)37-17-5-10-22-45(37)57)38-18-6-11-23-46(38)58(48)52-26-12-24-50(54-52)56-42-19-7-2-14-34(42)35-15-3-8-20-43(35)56/h2-29,31-33,38,46H,30H2,1H3. The molecule has 3 atom stereocenters. The van der Waals surface area contributed by atoms with Crippen LogP contribution < -0.4 is 4.90 Å². The molecule has 280 valence electrons. The van der Waals surface area contributed by atoms with Gasteiger partial charge in [0.15, 0.2) is 0 Å². The SMILES string of the molecule is CC1C=Cc2c(c3cc4c(cc3n2-c2cccc(-n3c5ccccc5c5ccccc53)n2)C2C=CC=CC2N4c2cccc(-n3c4ccccc4c4ccccc43)n2)C1. The Balaban J connectivity index is 1.01. The Labute approximate surface area is 340 Å². The molecule has 5 aromatic carbocycles. The predicted octanol–water partition coefficient (Wildman–Crippen LogP) is 12.5. The number of fused-ring (bicyclic) bond motifs is 12. The van der Waals surface area contributed by atoms with E-state index in [0.717, 1.165) is 51.8 Å². The van der Waals surface area contributed by atoms with Crippen LogP contribution in [0.2, 0.25) is 0 Å². The minimum atomic E-state index is 0.0993. The van der Waals surface area contributed by atoms with Crippen molar-refractivity contribution in [3.8, 4) is 17.5 Å². The van der Waals surface area contributed by atoms with Gasteiger partial charge in [-0.25, -0.2) is 9.97 Å². The van der Waals surface area contributed by atoms with Crippen LogP contribution in [0.15, 0.2) is 176 Å². The Hall–Kier alpha value is -7.44. The van der Waals surface area contributed by atoms with Gasteiger partial charge in [0.05, 0.1) is 39.3 Å². The van der Waals surface area contributed by atoms with Gasteiger partial charge in [-0.3, -0.25) is 13.7 Å².